The van der Waals surface area contributed by atoms with Crippen LogP contribution in [0.2, 0.25) is 0 Å². The van der Waals surface area contributed by atoms with Crippen LogP contribution < -0.4 is 5.32 Å². The second kappa shape index (κ2) is 8.32. The number of nitrogens with one attached hydrogen (secondary N) is 1. The minimum absolute atomic E-state index is 0.0998. The number of rotatable bonds is 6. The highest BCUT2D eigenvalue weighted by Crippen LogP contribution is 2.28. The van der Waals surface area contributed by atoms with Crippen molar-refractivity contribution in [2.24, 2.45) is 5.92 Å². The molecule has 0 atom stereocenters. The number of anilines is 1. The molecule has 3 rings (SSSR count). The van der Waals surface area contributed by atoms with Gasteiger partial charge in [-0.3, -0.25) is 9.59 Å². The van der Waals surface area contributed by atoms with Gasteiger partial charge >= 0.3 is 0 Å². The van der Waals surface area contributed by atoms with Gasteiger partial charge in [0.1, 0.15) is 0 Å². The second-order valence-electron chi connectivity index (χ2n) is 7.20. The Labute approximate surface area is 144 Å². The van der Waals surface area contributed by atoms with E-state index in [1.807, 2.05) is 29.2 Å². The lowest BCUT2D eigenvalue weighted by Gasteiger charge is -2.15. The topological polar surface area (TPSA) is 49.4 Å². The van der Waals surface area contributed by atoms with Crippen LogP contribution in [0, 0.1) is 5.92 Å². The highest BCUT2D eigenvalue weighted by atomic mass is 16.2. The summed E-state index contributed by atoms with van der Waals surface area (Å²) >= 11 is 0. The van der Waals surface area contributed by atoms with Gasteiger partial charge in [-0.25, -0.2) is 0 Å². The number of nitrogens with zero attached hydrogens (tertiary/aromatic N) is 1. The molecule has 1 heterocycles. The van der Waals surface area contributed by atoms with Crippen molar-refractivity contribution < 1.29 is 9.59 Å². The highest BCUT2D eigenvalue weighted by Gasteiger charge is 2.18. The van der Waals surface area contributed by atoms with Crippen LogP contribution in [0.25, 0.3) is 0 Å². The van der Waals surface area contributed by atoms with Gasteiger partial charge in [-0.2, -0.15) is 0 Å². The summed E-state index contributed by atoms with van der Waals surface area (Å²) in [6.45, 7) is 1.79. The summed E-state index contributed by atoms with van der Waals surface area (Å²) in [5.41, 5.74) is 1.83. The average molecular weight is 328 g/mol. The van der Waals surface area contributed by atoms with Crippen LogP contribution >= 0.6 is 0 Å². The summed E-state index contributed by atoms with van der Waals surface area (Å²) < 4.78 is 0. The highest BCUT2D eigenvalue weighted by molar-refractivity contribution is 5.90. The van der Waals surface area contributed by atoms with Crippen molar-refractivity contribution >= 4 is 17.5 Å². The van der Waals surface area contributed by atoms with E-state index < -0.39 is 0 Å². The Morgan fingerprint density at radius 3 is 2.33 bits per heavy atom. The number of hydrogen-bond acceptors (Lipinski definition) is 2. The molecule has 0 unspecified atom stereocenters. The lowest BCUT2D eigenvalue weighted by molar-refractivity contribution is -0.129. The minimum atomic E-state index is 0.0998. The van der Waals surface area contributed by atoms with Crippen LogP contribution in [0.3, 0.4) is 0 Å². The standard InChI is InChI=1S/C20H28N2O2/c23-19(12-9-16-5-1-2-6-16)21-18-10-7-17(8-11-18)15-20(24)22-13-3-4-14-22/h7-8,10-11,16H,1-6,9,12-15H2,(H,21,23). The van der Waals surface area contributed by atoms with Gasteiger partial charge < -0.3 is 10.2 Å². The first-order valence-corrected chi connectivity index (χ1v) is 9.37. The van der Waals surface area contributed by atoms with Crippen LogP contribution in [0.15, 0.2) is 24.3 Å². The largest absolute Gasteiger partial charge is 0.342 e. The third kappa shape index (κ3) is 4.83. The summed E-state index contributed by atoms with van der Waals surface area (Å²) in [5, 5.41) is 2.97. The van der Waals surface area contributed by atoms with Crippen molar-refractivity contribution in [2.75, 3.05) is 18.4 Å². The predicted molar refractivity (Wildman–Crippen MR) is 95.8 cm³/mol. The van der Waals surface area contributed by atoms with E-state index in [1.54, 1.807) is 0 Å². The maximum atomic E-state index is 12.1. The molecule has 0 aromatic heterocycles. The molecule has 2 aliphatic rings. The molecule has 1 saturated heterocycles. The lowest BCUT2D eigenvalue weighted by atomic mass is 10.0. The zero-order chi connectivity index (χ0) is 16.8. The Hall–Kier alpha value is -1.84. The van der Waals surface area contributed by atoms with E-state index in [2.05, 4.69) is 5.32 Å². The number of carbonyl (C=O) groups excluding carboxylic acids is 2. The van der Waals surface area contributed by atoms with E-state index in [1.165, 1.54) is 25.7 Å². The number of likely N-dealkylation sites (tertiary alicyclic amines) is 1. The molecule has 1 aliphatic carbocycles. The number of hydrogen-bond donors (Lipinski definition) is 1. The fourth-order valence-electron chi connectivity index (χ4n) is 3.82. The van der Waals surface area contributed by atoms with E-state index >= 15 is 0 Å². The SMILES string of the molecule is O=C(CCC1CCCC1)Nc1ccc(CC(=O)N2CCCC2)cc1. The number of benzene rings is 1. The van der Waals surface area contributed by atoms with E-state index in [-0.39, 0.29) is 11.8 Å². The number of carbonyl (C=O) groups is 2. The Balaban J connectivity index is 1.43. The molecular formula is C20H28N2O2. The van der Waals surface area contributed by atoms with E-state index in [0.29, 0.717) is 12.8 Å². The molecule has 2 amide bonds. The molecule has 0 spiro atoms. The van der Waals surface area contributed by atoms with Crippen molar-refractivity contribution in [2.45, 2.75) is 57.8 Å². The molecular weight excluding hydrogens is 300 g/mol. The molecule has 1 saturated carbocycles. The Bertz CT molecular complexity index is 556. The lowest BCUT2D eigenvalue weighted by Crippen LogP contribution is -2.29. The van der Waals surface area contributed by atoms with Gasteiger partial charge in [0.25, 0.3) is 0 Å². The Kier molecular flexibility index (Phi) is 5.89. The normalized spacial score (nSPS) is 18.1. The number of amides is 2. The Morgan fingerprint density at radius 2 is 1.67 bits per heavy atom. The zero-order valence-corrected chi connectivity index (χ0v) is 14.4. The minimum Gasteiger partial charge on any atom is -0.342 e. The van der Waals surface area contributed by atoms with Crippen molar-refractivity contribution in [3.63, 3.8) is 0 Å². The summed E-state index contributed by atoms with van der Waals surface area (Å²) in [4.78, 5) is 26.1. The molecule has 4 nitrogen and oxygen atoms in total. The van der Waals surface area contributed by atoms with Gasteiger partial charge in [-0.1, -0.05) is 37.8 Å². The Morgan fingerprint density at radius 1 is 1.00 bits per heavy atom. The van der Waals surface area contributed by atoms with Crippen molar-refractivity contribution in [3.05, 3.63) is 29.8 Å². The molecule has 2 fully saturated rings. The van der Waals surface area contributed by atoms with E-state index in [9.17, 15) is 9.59 Å². The van der Waals surface area contributed by atoms with E-state index in [0.717, 1.165) is 49.5 Å². The smallest absolute Gasteiger partial charge is 0.226 e. The van der Waals surface area contributed by atoms with Gasteiger partial charge in [0.05, 0.1) is 6.42 Å². The third-order valence-corrected chi connectivity index (χ3v) is 5.31. The van der Waals surface area contributed by atoms with Crippen LogP contribution in [0.4, 0.5) is 5.69 Å². The van der Waals surface area contributed by atoms with E-state index in [4.69, 9.17) is 0 Å². The molecule has 24 heavy (non-hydrogen) atoms. The monoisotopic (exact) mass is 328 g/mol. The summed E-state index contributed by atoms with van der Waals surface area (Å²) in [7, 11) is 0. The van der Waals surface area contributed by atoms with Crippen molar-refractivity contribution in [3.8, 4) is 0 Å². The summed E-state index contributed by atoms with van der Waals surface area (Å²) in [6.07, 6.45) is 9.53. The van der Waals surface area contributed by atoms with Gasteiger partial charge in [0.15, 0.2) is 0 Å². The first-order chi connectivity index (χ1) is 11.7. The molecule has 130 valence electrons. The first kappa shape index (κ1) is 17.0. The third-order valence-electron chi connectivity index (χ3n) is 5.31. The molecule has 1 aliphatic heterocycles. The summed E-state index contributed by atoms with van der Waals surface area (Å²) in [5.74, 6) is 1.05. The molecule has 1 aromatic carbocycles. The molecule has 1 N–H and O–H groups in total. The second-order valence-corrected chi connectivity index (χ2v) is 7.20. The average Bonchev–Trinajstić information content (AvgIpc) is 3.28. The van der Waals surface area contributed by atoms with Crippen LogP contribution in [0.1, 0.15) is 56.9 Å². The summed E-state index contributed by atoms with van der Waals surface area (Å²) in [6, 6.07) is 7.70. The molecule has 0 radical (unpaired) electrons. The molecule has 1 aromatic rings. The van der Waals surface area contributed by atoms with Gasteiger partial charge in [0.2, 0.25) is 11.8 Å². The fourth-order valence-corrected chi connectivity index (χ4v) is 3.82. The van der Waals surface area contributed by atoms with Crippen LogP contribution in [-0.4, -0.2) is 29.8 Å². The quantitative estimate of drug-likeness (QED) is 0.864. The maximum Gasteiger partial charge on any atom is 0.226 e. The maximum absolute atomic E-state index is 12.1. The van der Waals surface area contributed by atoms with Gasteiger partial charge in [-0.05, 0) is 42.9 Å². The van der Waals surface area contributed by atoms with Gasteiger partial charge in [-0.15, -0.1) is 0 Å². The van der Waals surface area contributed by atoms with Gasteiger partial charge in [0, 0.05) is 25.2 Å². The fraction of sp³-hybridized carbons (Fsp3) is 0.600. The van der Waals surface area contributed by atoms with Crippen molar-refractivity contribution in [1.82, 2.24) is 4.90 Å². The molecule has 0 bridgehead atoms. The zero-order valence-electron chi connectivity index (χ0n) is 14.4. The van der Waals surface area contributed by atoms with Crippen LogP contribution in [-0.2, 0) is 16.0 Å². The van der Waals surface area contributed by atoms with Crippen LogP contribution in [0.5, 0.6) is 0 Å². The molecule has 4 heteroatoms. The first-order valence-electron chi connectivity index (χ1n) is 9.37. The predicted octanol–water partition coefficient (Wildman–Crippen LogP) is 3.76. The van der Waals surface area contributed by atoms with Crippen molar-refractivity contribution in [1.29, 1.82) is 0 Å².